The first-order valence-electron chi connectivity index (χ1n) is 5.54. The van der Waals surface area contributed by atoms with Crippen LogP contribution in [0.15, 0.2) is 0 Å². The third-order valence-electron chi connectivity index (χ3n) is 3.14. The number of nitrogens with zero attached hydrogens (tertiary/aromatic N) is 2. The van der Waals surface area contributed by atoms with Crippen molar-refractivity contribution in [3.63, 3.8) is 0 Å². The van der Waals surface area contributed by atoms with Crippen LogP contribution in [-0.4, -0.2) is 27.0 Å². The van der Waals surface area contributed by atoms with Crippen LogP contribution in [0.5, 0.6) is 0 Å². The quantitative estimate of drug-likeness (QED) is 0.773. The van der Waals surface area contributed by atoms with Crippen LogP contribution >= 0.6 is 0 Å². The van der Waals surface area contributed by atoms with E-state index in [1.165, 1.54) is 0 Å². The van der Waals surface area contributed by atoms with E-state index >= 15 is 0 Å². The molecule has 0 amide bonds. The van der Waals surface area contributed by atoms with Gasteiger partial charge in [0.05, 0.1) is 23.1 Å². The molecule has 1 aromatic heterocycles. The summed E-state index contributed by atoms with van der Waals surface area (Å²) in [6.45, 7) is 5.39. The Labute approximate surface area is 94.7 Å². The summed E-state index contributed by atoms with van der Waals surface area (Å²) < 4.78 is 0. The molecule has 1 aliphatic rings. The average molecular weight is 220 g/mol. The maximum Gasteiger partial charge on any atom is 0.166 e. The van der Waals surface area contributed by atoms with Crippen LogP contribution in [0.25, 0.3) is 0 Å². The van der Waals surface area contributed by atoms with E-state index in [1.807, 2.05) is 13.8 Å². The van der Waals surface area contributed by atoms with Crippen molar-refractivity contribution in [1.82, 2.24) is 9.97 Å². The van der Waals surface area contributed by atoms with Gasteiger partial charge in [-0.1, -0.05) is 0 Å². The molecule has 1 heterocycles. The van der Waals surface area contributed by atoms with Gasteiger partial charge in [-0.25, -0.2) is 9.97 Å². The molecule has 0 aliphatic heterocycles. The molecule has 0 fully saturated rings. The van der Waals surface area contributed by atoms with Gasteiger partial charge >= 0.3 is 0 Å². The number of hydrogen-bond donors (Lipinski definition) is 1. The van der Waals surface area contributed by atoms with Crippen molar-refractivity contribution in [3.8, 4) is 0 Å². The summed E-state index contributed by atoms with van der Waals surface area (Å²) in [6, 6.07) is 0. The van der Waals surface area contributed by atoms with Gasteiger partial charge in [0.25, 0.3) is 0 Å². The lowest BCUT2D eigenvalue weighted by molar-refractivity contribution is 0.0806. The minimum absolute atomic E-state index is 0.00583. The van der Waals surface area contributed by atoms with Gasteiger partial charge in [-0.15, -0.1) is 0 Å². The third kappa shape index (κ3) is 1.85. The number of ketones is 1. The second-order valence-corrected chi connectivity index (χ2v) is 4.51. The van der Waals surface area contributed by atoms with Crippen LogP contribution in [0.2, 0.25) is 0 Å². The number of carbonyl (C=O) groups excluding carboxylic acids is 1. The van der Waals surface area contributed by atoms with E-state index in [4.69, 9.17) is 0 Å². The monoisotopic (exact) mass is 220 g/mol. The smallest absolute Gasteiger partial charge is 0.166 e. The molecule has 0 saturated heterocycles. The van der Waals surface area contributed by atoms with Crippen LogP contribution in [0.3, 0.4) is 0 Å². The van der Waals surface area contributed by atoms with Gasteiger partial charge in [0.2, 0.25) is 0 Å². The van der Waals surface area contributed by atoms with Crippen LogP contribution in [-0.2, 0) is 6.42 Å². The summed E-state index contributed by atoms with van der Waals surface area (Å²) in [5, 5.41) is 9.56. The van der Waals surface area contributed by atoms with E-state index in [2.05, 4.69) is 9.97 Å². The van der Waals surface area contributed by atoms with Crippen LogP contribution < -0.4 is 0 Å². The molecule has 16 heavy (non-hydrogen) atoms. The van der Waals surface area contributed by atoms with E-state index in [-0.39, 0.29) is 11.7 Å². The first-order valence-corrected chi connectivity index (χ1v) is 5.54. The van der Waals surface area contributed by atoms with E-state index in [1.54, 1.807) is 6.92 Å². The van der Waals surface area contributed by atoms with Gasteiger partial charge in [0.15, 0.2) is 5.78 Å². The van der Waals surface area contributed by atoms with Gasteiger partial charge in [0.1, 0.15) is 5.82 Å². The Bertz CT molecular complexity index is 441. The molecule has 0 radical (unpaired) electrons. The molecule has 4 nitrogen and oxygen atoms in total. The second kappa shape index (κ2) is 3.94. The number of fused-ring (bicyclic) bond motifs is 1. The highest BCUT2D eigenvalue weighted by atomic mass is 16.3. The standard InChI is InChI=1S/C12H16N2O2/c1-6-12-10(14-8(3)13-6)4-9(7(2)15)5-11(12)16/h7,9,15H,4-5H2,1-3H3. The maximum atomic E-state index is 11.9. The molecule has 86 valence electrons. The normalized spacial score (nSPS) is 21.8. The van der Waals surface area contributed by atoms with Crippen molar-refractivity contribution in [2.75, 3.05) is 0 Å². The molecule has 0 saturated carbocycles. The summed E-state index contributed by atoms with van der Waals surface area (Å²) >= 11 is 0. The average Bonchev–Trinajstić information content (AvgIpc) is 2.15. The van der Waals surface area contributed by atoms with Crippen molar-refractivity contribution >= 4 is 5.78 Å². The van der Waals surface area contributed by atoms with Gasteiger partial charge in [-0.3, -0.25) is 4.79 Å². The summed E-state index contributed by atoms with van der Waals surface area (Å²) in [7, 11) is 0. The zero-order valence-electron chi connectivity index (χ0n) is 9.82. The molecule has 2 rings (SSSR count). The van der Waals surface area contributed by atoms with Crippen molar-refractivity contribution < 1.29 is 9.90 Å². The van der Waals surface area contributed by atoms with Gasteiger partial charge in [-0.2, -0.15) is 0 Å². The summed E-state index contributed by atoms with van der Waals surface area (Å²) in [5.41, 5.74) is 2.23. The van der Waals surface area contributed by atoms with E-state index in [9.17, 15) is 9.90 Å². The van der Waals surface area contributed by atoms with Crippen molar-refractivity contribution in [3.05, 3.63) is 22.8 Å². The lowest BCUT2D eigenvalue weighted by Gasteiger charge is -2.25. The number of aliphatic hydroxyl groups excluding tert-OH is 1. The number of rotatable bonds is 1. The highest BCUT2D eigenvalue weighted by molar-refractivity contribution is 5.99. The Morgan fingerprint density at radius 3 is 2.62 bits per heavy atom. The third-order valence-corrected chi connectivity index (χ3v) is 3.14. The summed E-state index contributed by atoms with van der Waals surface area (Å²) in [4.78, 5) is 20.5. The molecule has 0 aromatic carbocycles. The number of aromatic nitrogens is 2. The molecule has 2 unspecified atom stereocenters. The van der Waals surface area contributed by atoms with Crippen LogP contribution in [0.1, 0.15) is 40.9 Å². The predicted molar refractivity (Wildman–Crippen MR) is 59.3 cm³/mol. The Kier molecular flexibility index (Phi) is 2.76. The largest absolute Gasteiger partial charge is 0.393 e. The minimum atomic E-state index is -0.465. The highest BCUT2D eigenvalue weighted by Crippen LogP contribution is 2.27. The van der Waals surface area contributed by atoms with Gasteiger partial charge < -0.3 is 5.11 Å². The number of Topliss-reactive ketones (excluding diaryl/α,β-unsaturated/α-hetero) is 1. The SMILES string of the molecule is Cc1nc(C)c2c(n1)CC(C(C)O)CC2=O. The topological polar surface area (TPSA) is 63.1 Å². The molecule has 1 aromatic rings. The molecule has 4 heteroatoms. The zero-order valence-corrected chi connectivity index (χ0v) is 9.82. The van der Waals surface area contributed by atoms with Crippen molar-refractivity contribution in [2.24, 2.45) is 5.92 Å². The number of hydrogen-bond acceptors (Lipinski definition) is 4. The molecular weight excluding hydrogens is 204 g/mol. The number of aryl methyl sites for hydroxylation is 2. The Hall–Kier alpha value is -1.29. The zero-order chi connectivity index (χ0) is 11.9. The molecule has 0 spiro atoms. The number of aliphatic hydroxyl groups is 1. The maximum absolute atomic E-state index is 11.9. The first kappa shape index (κ1) is 11.2. The Morgan fingerprint density at radius 1 is 1.31 bits per heavy atom. The van der Waals surface area contributed by atoms with Gasteiger partial charge in [-0.05, 0) is 33.1 Å². The highest BCUT2D eigenvalue weighted by Gasteiger charge is 2.30. The first-order chi connectivity index (χ1) is 7.49. The fraction of sp³-hybridized carbons (Fsp3) is 0.583. The molecule has 2 atom stereocenters. The predicted octanol–water partition coefficient (Wildman–Crippen LogP) is 1.22. The molecule has 1 aliphatic carbocycles. The van der Waals surface area contributed by atoms with Crippen LogP contribution in [0.4, 0.5) is 0 Å². The lowest BCUT2D eigenvalue weighted by atomic mass is 9.82. The Balaban J connectivity index is 2.46. The van der Waals surface area contributed by atoms with E-state index in [0.717, 1.165) is 11.4 Å². The Morgan fingerprint density at radius 2 is 2.00 bits per heavy atom. The summed E-state index contributed by atoms with van der Waals surface area (Å²) in [6.07, 6.45) is 0.605. The van der Waals surface area contributed by atoms with E-state index in [0.29, 0.717) is 24.2 Å². The number of carbonyl (C=O) groups is 1. The van der Waals surface area contributed by atoms with Gasteiger partial charge in [0, 0.05) is 6.42 Å². The molecule has 1 N–H and O–H groups in total. The summed E-state index contributed by atoms with van der Waals surface area (Å²) in [5.74, 6) is 0.744. The fourth-order valence-corrected chi connectivity index (χ4v) is 2.30. The second-order valence-electron chi connectivity index (χ2n) is 4.51. The lowest BCUT2D eigenvalue weighted by Crippen LogP contribution is -2.30. The van der Waals surface area contributed by atoms with Crippen LogP contribution in [0, 0.1) is 19.8 Å². The van der Waals surface area contributed by atoms with E-state index < -0.39 is 6.10 Å². The van der Waals surface area contributed by atoms with Crippen molar-refractivity contribution in [1.29, 1.82) is 0 Å². The fourth-order valence-electron chi connectivity index (χ4n) is 2.30. The van der Waals surface area contributed by atoms with Crippen molar-refractivity contribution in [2.45, 2.75) is 39.7 Å². The minimum Gasteiger partial charge on any atom is -0.393 e. The molecule has 0 bridgehead atoms. The molecular formula is C12H16N2O2.